The van der Waals surface area contributed by atoms with Crippen LogP contribution in [0.25, 0.3) is 0 Å². The van der Waals surface area contributed by atoms with Crippen LogP contribution in [0.15, 0.2) is 24.3 Å². The van der Waals surface area contributed by atoms with Crippen LogP contribution in [0.3, 0.4) is 0 Å². The maximum absolute atomic E-state index is 10.2. The number of unbranched alkanes of at least 4 members (excludes halogenated alkanes) is 22. The summed E-state index contributed by atoms with van der Waals surface area (Å²) in [6.45, 7) is 4.57. The molecule has 0 rings (SSSR count). The van der Waals surface area contributed by atoms with Crippen LogP contribution in [0.2, 0.25) is 0 Å². The molecular formula is C35H68O. The third-order valence-electron chi connectivity index (χ3n) is 7.60. The molecule has 0 saturated heterocycles. The Labute approximate surface area is 229 Å². The standard InChI is InChI=1S/C35H68O/c1-3-5-7-9-11-13-15-17-19-21-23-25-27-29-31-33-35(36)34-32-30-28-26-24-22-20-18-16-14-12-10-8-6-4-2/h17-20,35-36H,3-16,21-34H2,1-2H3. The zero-order valence-corrected chi connectivity index (χ0v) is 25.1. The summed E-state index contributed by atoms with van der Waals surface area (Å²) in [4.78, 5) is 0. The lowest BCUT2D eigenvalue weighted by Crippen LogP contribution is -2.05. The van der Waals surface area contributed by atoms with Crippen molar-refractivity contribution in [3.63, 3.8) is 0 Å². The fourth-order valence-corrected chi connectivity index (χ4v) is 5.05. The maximum atomic E-state index is 10.2. The van der Waals surface area contributed by atoms with Gasteiger partial charge in [-0.2, -0.15) is 0 Å². The monoisotopic (exact) mass is 505 g/mol. The van der Waals surface area contributed by atoms with Gasteiger partial charge in [0.05, 0.1) is 6.10 Å². The van der Waals surface area contributed by atoms with Crippen molar-refractivity contribution in [2.24, 2.45) is 0 Å². The molecule has 36 heavy (non-hydrogen) atoms. The first-order valence-electron chi connectivity index (χ1n) is 16.8. The average molecular weight is 505 g/mol. The van der Waals surface area contributed by atoms with Crippen molar-refractivity contribution in [1.29, 1.82) is 0 Å². The Balaban J connectivity index is 3.23. The van der Waals surface area contributed by atoms with E-state index in [-0.39, 0.29) is 6.10 Å². The van der Waals surface area contributed by atoms with Gasteiger partial charge in [-0.1, -0.05) is 154 Å². The SMILES string of the molecule is CCCCCCCCC=CCCCCCCCC(O)CCCCCCCC=CCCCCCCCC. The van der Waals surface area contributed by atoms with Crippen LogP contribution in [0.1, 0.15) is 194 Å². The molecule has 0 aliphatic carbocycles. The molecule has 0 radical (unpaired) electrons. The second kappa shape index (κ2) is 32.5. The van der Waals surface area contributed by atoms with E-state index in [0.717, 1.165) is 12.8 Å². The molecule has 0 spiro atoms. The molecule has 1 nitrogen and oxygen atoms in total. The van der Waals surface area contributed by atoms with Gasteiger partial charge in [-0.05, 0) is 64.2 Å². The van der Waals surface area contributed by atoms with Crippen molar-refractivity contribution in [1.82, 2.24) is 0 Å². The molecule has 0 saturated carbocycles. The zero-order chi connectivity index (χ0) is 26.2. The minimum atomic E-state index is -0.0557. The Morgan fingerprint density at radius 2 is 0.611 bits per heavy atom. The highest BCUT2D eigenvalue weighted by Gasteiger charge is 2.03. The summed E-state index contributed by atoms with van der Waals surface area (Å²) in [6, 6.07) is 0. The van der Waals surface area contributed by atoms with Crippen LogP contribution in [-0.2, 0) is 0 Å². The number of hydrogen-bond acceptors (Lipinski definition) is 1. The molecule has 1 heteroatoms. The highest BCUT2D eigenvalue weighted by Crippen LogP contribution is 2.15. The summed E-state index contributed by atoms with van der Waals surface area (Å²) in [5, 5.41) is 10.2. The van der Waals surface area contributed by atoms with E-state index in [1.165, 1.54) is 167 Å². The van der Waals surface area contributed by atoms with Gasteiger partial charge in [-0.25, -0.2) is 0 Å². The van der Waals surface area contributed by atoms with E-state index >= 15 is 0 Å². The van der Waals surface area contributed by atoms with Crippen molar-refractivity contribution < 1.29 is 5.11 Å². The molecule has 0 heterocycles. The van der Waals surface area contributed by atoms with Crippen LogP contribution in [0.4, 0.5) is 0 Å². The molecule has 0 bridgehead atoms. The summed E-state index contributed by atoms with van der Waals surface area (Å²) >= 11 is 0. The van der Waals surface area contributed by atoms with Gasteiger partial charge >= 0.3 is 0 Å². The summed E-state index contributed by atoms with van der Waals surface area (Å²) < 4.78 is 0. The van der Waals surface area contributed by atoms with E-state index in [1.807, 2.05) is 0 Å². The molecule has 0 aromatic carbocycles. The summed E-state index contributed by atoms with van der Waals surface area (Å²) in [5.41, 5.74) is 0. The number of aliphatic hydroxyl groups excluding tert-OH is 1. The molecule has 0 unspecified atom stereocenters. The number of aliphatic hydroxyl groups is 1. The third kappa shape index (κ3) is 31.5. The molecule has 0 aromatic rings. The highest BCUT2D eigenvalue weighted by molar-refractivity contribution is 4.82. The normalized spacial score (nSPS) is 12.9. The lowest BCUT2D eigenvalue weighted by atomic mass is 10.0. The predicted molar refractivity (Wildman–Crippen MR) is 165 cm³/mol. The van der Waals surface area contributed by atoms with E-state index in [2.05, 4.69) is 38.2 Å². The van der Waals surface area contributed by atoms with E-state index in [0.29, 0.717) is 0 Å². The van der Waals surface area contributed by atoms with Crippen LogP contribution < -0.4 is 0 Å². The Hall–Kier alpha value is -0.560. The first kappa shape index (κ1) is 35.4. The predicted octanol–water partition coefficient (Wildman–Crippen LogP) is 12.4. The zero-order valence-electron chi connectivity index (χ0n) is 25.1. The highest BCUT2D eigenvalue weighted by atomic mass is 16.3. The second-order valence-corrected chi connectivity index (χ2v) is 11.4. The van der Waals surface area contributed by atoms with E-state index in [4.69, 9.17) is 0 Å². The third-order valence-corrected chi connectivity index (χ3v) is 7.60. The van der Waals surface area contributed by atoms with Gasteiger partial charge in [0.25, 0.3) is 0 Å². The Morgan fingerprint density at radius 1 is 0.361 bits per heavy atom. The topological polar surface area (TPSA) is 20.2 Å². The van der Waals surface area contributed by atoms with Gasteiger partial charge < -0.3 is 5.11 Å². The van der Waals surface area contributed by atoms with Crippen molar-refractivity contribution in [3.8, 4) is 0 Å². The van der Waals surface area contributed by atoms with Gasteiger partial charge in [-0.3, -0.25) is 0 Å². The lowest BCUT2D eigenvalue weighted by Gasteiger charge is -2.10. The van der Waals surface area contributed by atoms with E-state index in [1.54, 1.807) is 0 Å². The molecular weight excluding hydrogens is 436 g/mol. The Morgan fingerprint density at radius 3 is 0.917 bits per heavy atom. The van der Waals surface area contributed by atoms with E-state index < -0.39 is 0 Å². The van der Waals surface area contributed by atoms with Crippen molar-refractivity contribution >= 4 is 0 Å². The second-order valence-electron chi connectivity index (χ2n) is 11.4. The van der Waals surface area contributed by atoms with Gasteiger partial charge in [0.2, 0.25) is 0 Å². The summed E-state index contributed by atoms with van der Waals surface area (Å²) in [5.74, 6) is 0. The van der Waals surface area contributed by atoms with Crippen LogP contribution >= 0.6 is 0 Å². The molecule has 0 aliphatic heterocycles. The molecule has 0 aliphatic rings. The molecule has 214 valence electrons. The minimum absolute atomic E-state index is 0.0557. The van der Waals surface area contributed by atoms with Crippen molar-refractivity contribution in [2.45, 2.75) is 200 Å². The summed E-state index contributed by atoms with van der Waals surface area (Å²) in [7, 11) is 0. The quantitative estimate of drug-likeness (QED) is 0.0761. The van der Waals surface area contributed by atoms with Gasteiger partial charge in [0, 0.05) is 0 Å². The first-order chi connectivity index (χ1) is 17.8. The first-order valence-corrected chi connectivity index (χ1v) is 16.8. The fraction of sp³-hybridized carbons (Fsp3) is 0.886. The van der Waals surface area contributed by atoms with Crippen LogP contribution in [0.5, 0.6) is 0 Å². The average Bonchev–Trinajstić information content (AvgIpc) is 2.88. The van der Waals surface area contributed by atoms with Crippen molar-refractivity contribution in [2.75, 3.05) is 0 Å². The minimum Gasteiger partial charge on any atom is -0.393 e. The number of allylic oxidation sites excluding steroid dienone is 4. The molecule has 0 amide bonds. The maximum Gasteiger partial charge on any atom is 0.0540 e. The Bertz CT molecular complexity index is 398. The lowest BCUT2D eigenvalue weighted by molar-refractivity contribution is 0.147. The Kier molecular flexibility index (Phi) is 32.0. The van der Waals surface area contributed by atoms with Gasteiger partial charge in [-0.15, -0.1) is 0 Å². The molecule has 0 atom stereocenters. The van der Waals surface area contributed by atoms with Crippen LogP contribution in [-0.4, -0.2) is 11.2 Å². The summed E-state index contributed by atoms with van der Waals surface area (Å²) in [6.07, 6.45) is 46.5. The largest absolute Gasteiger partial charge is 0.393 e. The number of hydrogen-bond donors (Lipinski definition) is 1. The fourth-order valence-electron chi connectivity index (χ4n) is 5.05. The number of rotatable bonds is 30. The van der Waals surface area contributed by atoms with E-state index in [9.17, 15) is 5.11 Å². The van der Waals surface area contributed by atoms with Crippen LogP contribution in [0, 0.1) is 0 Å². The smallest absolute Gasteiger partial charge is 0.0540 e. The van der Waals surface area contributed by atoms with Gasteiger partial charge in [0.1, 0.15) is 0 Å². The molecule has 0 fully saturated rings. The molecule has 0 aromatic heterocycles. The molecule has 1 N–H and O–H groups in total. The van der Waals surface area contributed by atoms with Crippen molar-refractivity contribution in [3.05, 3.63) is 24.3 Å². The van der Waals surface area contributed by atoms with Gasteiger partial charge in [0.15, 0.2) is 0 Å².